The van der Waals surface area contributed by atoms with Gasteiger partial charge in [0.2, 0.25) is 5.91 Å². The number of aryl methyl sites for hydroxylation is 1. The number of hydrogen-bond donors (Lipinski definition) is 1. The van der Waals surface area contributed by atoms with Gasteiger partial charge < -0.3 is 10.2 Å². The number of carbonyl (C=O) groups is 3. The number of amides is 3. The van der Waals surface area contributed by atoms with Crippen molar-refractivity contribution in [2.24, 2.45) is 0 Å². The molecule has 0 aliphatic carbocycles. The van der Waals surface area contributed by atoms with Gasteiger partial charge in [-0.05, 0) is 30.5 Å². The van der Waals surface area contributed by atoms with E-state index in [1.165, 1.54) is 12.2 Å². The van der Waals surface area contributed by atoms with E-state index in [1.807, 2.05) is 12.1 Å². The topological polar surface area (TPSA) is 69.7 Å². The van der Waals surface area contributed by atoms with Gasteiger partial charge in [-0.1, -0.05) is 12.1 Å². The predicted molar refractivity (Wildman–Crippen MR) is 112 cm³/mol. The molecule has 0 spiro atoms. The fraction of sp³-hybridized carbons (Fsp3) is 0.450. The number of carbonyl (C=O) groups excluding carboxylic acids is 3. The number of nitrogens with one attached hydrogen (secondary N) is 1. The number of benzene rings is 1. The Morgan fingerprint density at radius 2 is 1.61 bits per heavy atom. The molecule has 0 bridgehead atoms. The van der Waals surface area contributed by atoms with Crippen LogP contribution in [0.1, 0.15) is 18.4 Å². The minimum atomic E-state index is -0.335. The van der Waals surface area contributed by atoms with Crippen molar-refractivity contribution in [3.8, 4) is 0 Å². The third-order valence-corrected chi connectivity index (χ3v) is 4.78. The van der Waals surface area contributed by atoms with Gasteiger partial charge in [0.1, 0.15) is 0 Å². The molecule has 0 unspecified atom stereocenters. The Morgan fingerprint density at radius 3 is 2.18 bits per heavy atom. The van der Waals surface area contributed by atoms with Gasteiger partial charge in [-0.3, -0.25) is 19.3 Å². The third-order valence-electron chi connectivity index (χ3n) is 4.44. The molecule has 152 valence electrons. The van der Waals surface area contributed by atoms with Crippen LogP contribution in [-0.2, 0) is 20.8 Å². The zero-order chi connectivity index (χ0) is 20.4. The second-order valence-corrected chi connectivity index (χ2v) is 7.15. The van der Waals surface area contributed by atoms with Gasteiger partial charge in [0.25, 0.3) is 11.8 Å². The summed E-state index contributed by atoms with van der Waals surface area (Å²) in [4.78, 5) is 38.0. The van der Waals surface area contributed by atoms with E-state index in [2.05, 4.69) is 22.3 Å². The van der Waals surface area contributed by atoms with E-state index in [0.29, 0.717) is 18.2 Å². The van der Waals surface area contributed by atoms with E-state index in [-0.39, 0.29) is 30.8 Å². The molecule has 1 aliphatic rings. The first-order valence-electron chi connectivity index (χ1n) is 9.31. The van der Waals surface area contributed by atoms with Crippen LogP contribution in [0.3, 0.4) is 0 Å². The summed E-state index contributed by atoms with van der Waals surface area (Å²) in [7, 11) is 0. The molecule has 1 aliphatic heterocycles. The van der Waals surface area contributed by atoms with Gasteiger partial charge in [0.05, 0.1) is 0 Å². The Morgan fingerprint density at radius 1 is 1.00 bits per heavy atom. The zero-order valence-corrected chi connectivity index (χ0v) is 17.2. The second-order valence-electron chi connectivity index (χ2n) is 6.40. The molecule has 0 saturated carbocycles. The van der Waals surface area contributed by atoms with Crippen LogP contribution >= 0.6 is 23.2 Å². The highest BCUT2D eigenvalue weighted by Gasteiger charge is 2.22. The minimum Gasteiger partial charge on any atom is -0.369 e. The SMILES string of the molecule is O=C(CCCc1ccc(N(CCCl)CCCl)cc1)NCCN1C(=O)C=CC1=O. The number of anilines is 1. The molecule has 1 aromatic carbocycles. The quantitative estimate of drug-likeness (QED) is 0.412. The van der Waals surface area contributed by atoms with Crippen molar-refractivity contribution in [2.75, 3.05) is 42.8 Å². The lowest BCUT2D eigenvalue weighted by molar-refractivity contribution is -0.137. The van der Waals surface area contributed by atoms with Crippen LogP contribution in [0.25, 0.3) is 0 Å². The largest absolute Gasteiger partial charge is 0.369 e. The van der Waals surface area contributed by atoms with Crippen LogP contribution in [0.4, 0.5) is 5.69 Å². The lowest BCUT2D eigenvalue weighted by Crippen LogP contribution is -2.38. The van der Waals surface area contributed by atoms with Crippen LogP contribution < -0.4 is 10.2 Å². The molecule has 0 atom stereocenters. The van der Waals surface area contributed by atoms with Gasteiger partial charge >= 0.3 is 0 Å². The van der Waals surface area contributed by atoms with Crippen molar-refractivity contribution < 1.29 is 14.4 Å². The average molecular weight is 426 g/mol. The smallest absolute Gasteiger partial charge is 0.253 e. The van der Waals surface area contributed by atoms with E-state index in [0.717, 1.165) is 42.1 Å². The number of halogens is 2. The molecule has 8 heteroatoms. The van der Waals surface area contributed by atoms with Gasteiger partial charge in [-0.25, -0.2) is 0 Å². The summed E-state index contributed by atoms with van der Waals surface area (Å²) in [6.45, 7) is 1.96. The molecule has 1 N–H and O–H groups in total. The van der Waals surface area contributed by atoms with E-state index in [9.17, 15) is 14.4 Å². The van der Waals surface area contributed by atoms with Crippen LogP contribution in [0.15, 0.2) is 36.4 Å². The molecule has 6 nitrogen and oxygen atoms in total. The van der Waals surface area contributed by atoms with Crippen molar-refractivity contribution in [1.82, 2.24) is 10.2 Å². The molecular weight excluding hydrogens is 401 g/mol. The Hall–Kier alpha value is -2.05. The van der Waals surface area contributed by atoms with E-state index < -0.39 is 0 Å². The Balaban J connectivity index is 1.67. The fourth-order valence-electron chi connectivity index (χ4n) is 2.95. The van der Waals surface area contributed by atoms with Crippen molar-refractivity contribution >= 4 is 46.6 Å². The van der Waals surface area contributed by atoms with Gasteiger partial charge in [0.15, 0.2) is 0 Å². The lowest BCUT2D eigenvalue weighted by Gasteiger charge is -2.23. The molecule has 0 fully saturated rings. The fourth-order valence-corrected chi connectivity index (χ4v) is 3.36. The Kier molecular flexibility index (Phi) is 9.31. The maximum Gasteiger partial charge on any atom is 0.253 e. The molecule has 1 heterocycles. The van der Waals surface area contributed by atoms with Crippen molar-refractivity contribution in [3.05, 3.63) is 42.0 Å². The summed E-state index contributed by atoms with van der Waals surface area (Å²) >= 11 is 11.7. The Bertz CT molecular complexity index is 683. The molecular formula is C20H25Cl2N3O3. The molecule has 28 heavy (non-hydrogen) atoms. The summed E-state index contributed by atoms with van der Waals surface area (Å²) in [5.74, 6) is 0.338. The monoisotopic (exact) mass is 425 g/mol. The summed E-state index contributed by atoms with van der Waals surface area (Å²) in [5.41, 5.74) is 2.25. The zero-order valence-electron chi connectivity index (χ0n) is 15.7. The number of rotatable bonds is 12. The van der Waals surface area contributed by atoms with Gasteiger partial charge in [0, 0.05) is 62.2 Å². The number of imide groups is 1. The first kappa shape index (κ1) is 22.2. The maximum atomic E-state index is 11.9. The molecule has 0 radical (unpaired) electrons. The van der Waals surface area contributed by atoms with Crippen molar-refractivity contribution in [3.63, 3.8) is 0 Å². The van der Waals surface area contributed by atoms with Crippen LogP contribution in [-0.4, -0.2) is 60.6 Å². The van der Waals surface area contributed by atoms with Crippen molar-refractivity contribution in [1.29, 1.82) is 0 Å². The standard InChI is InChI=1S/C20H25Cl2N3O3/c21-10-13-24(14-11-22)17-6-4-16(5-7-17)2-1-3-18(26)23-12-15-25-19(27)8-9-20(25)28/h4-9H,1-3,10-15H2,(H,23,26). The molecule has 3 amide bonds. The second kappa shape index (κ2) is 11.7. The summed E-state index contributed by atoms with van der Waals surface area (Å²) < 4.78 is 0. The van der Waals surface area contributed by atoms with Crippen LogP contribution in [0.5, 0.6) is 0 Å². The molecule has 0 saturated heterocycles. The van der Waals surface area contributed by atoms with Gasteiger partial charge in [-0.2, -0.15) is 0 Å². The van der Waals surface area contributed by atoms with Crippen molar-refractivity contribution in [2.45, 2.75) is 19.3 Å². The average Bonchev–Trinajstić information content (AvgIpc) is 3.00. The number of nitrogens with zero attached hydrogens (tertiary/aromatic N) is 2. The number of hydrogen-bond acceptors (Lipinski definition) is 4. The Labute approximate surface area is 175 Å². The first-order valence-corrected chi connectivity index (χ1v) is 10.4. The third kappa shape index (κ3) is 6.84. The first-order chi connectivity index (χ1) is 13.5. The van der Waals surface area contributed by atoms with E-state index in [4.69, 9.17) is 23.2 Å². The highest BCUT2D eigenvalue weighted by Crippen LogP contribution is 2.17. The summed E-state index contributed by atoms with van der Waals surface area (Å²) in [6.07, 6.45) is 4.39. The predicted octanol–water partition coefficient (Wildman–Crippen LogP) is 2.33. The molecule has 2 rings (SSSR count). The molecule has 1 aromatic rings. The molecule has 0 aromatic heterocycles. The van der Waals surface area contributed by atoms with Crippen LogP contribution in [0, 0.1) is 0 Å². The van der Waals surface area contributed by atoms with E-state index >= 15 is 0 Å². The summed E-state index contributed by atoms with van der Waals surface area (Å²) in [5, 5.41) is 2.74. The van der Waals surface area contributed by atoms with Crippen LogP contribution in [0.2, 0.25) is 0 Å². The highest BCUT2D eigenvalue weighted by atomic mass is 35.5. The summed E-state index contributed by atoms with van der Waals surface area (Å²) in [6, 6.07) is 8.21. The normalized spacial score (nSPS) is 13.3. The maximum absolute atomic E-state index is 11.9. The minimum absolute atomic E-state index is 0.0842. The van der Waals surface area contributed by atoms with Gasteiger partial charge in [-0.15, -0.1) is 23.2 Å². The lowest BCUT2D eigenvalue weighted by atomic mass is 10.1. The number of alkyl halides is 2. The highest BCUT2D eigenvalue weighted by molar-refractivity contribution is 6.18. The van der Waals surface area contributed by atoms with E-state index in [1.54, 1.807) is 0 Å².